The second-order valence-electron chi connectivity index (χ2n) is 4.52. The topological polar surface area (TPSA) is 43.4 Å². The third kappa shape index (κ3) is 3.71. The van der Waals surface area contributed by atoms with Crippen LogP contribution in [-0.4, -0.2) is 18.6 Å². The van der Waals surface area contributed by atoms with Crippen LogP contribution in [0.4, 0.5) is 0 Å². The highest BCUT2D eigenvalue weighted by Gasteiger charge is 2.06. The molecule has 0 aliphatic carbocycles. The van der Waals surface area contributed by atoms with Crippen molar-refractivity contribution in [2.45, 2.75) is 20.4 Å². The Morgan fingerprint density at radius 3 is 2.75 bits per heavy atom. The largest absolute Gasteiger partial charge is 0.493 e. The smallest absolute Gasteiger partial charge is 0.169 e. The molecule has 0 radical (unpaired) electrons. The molecule has 4 nitrogen and oxygen atoms in total. The van der Waals surface area contributed by atoms with Gasteiger partial charge < -0.3 is 14.8 Å². The first kappa shape index (κ1) is 14.3. The van der Waals surface area contributed by atoms with Gasteiger partial charge in [-0.25, -0.2) is 0 Å². The average Bonchev–Trinajstić information content (AvgIpc) is 2.47. The van der Waals surface area contributed by atoms with Gasteiger partial charge in [0.1, 0.15) is 5.75 Å². The van der Waals surface area contributed by atoms with Crippen LogP contribution in [0.1, 0.15) is 18.2 Å². The summed E-state index contributed by atoms with van der Waals surface area (Å²) >= 11 is 0. The molecule has 2 aromatic rings. The number of benzene rings is 1. The molecule has 4 heteroatoms. The predicted octanol–water partition coefficient (Wildman–Crippen LogP) is 3.30. The van der Waals surface area contributed by atoms with Crippen molar-refractivity contribution in [3.05, 3.63) is 47.8 Å². The lowest BCUT2D eigenvalue weighted by molar-refractivity contribution is 0.378. The van der Waals surface area contributed by atoms with Gasteiger partial charge in [0.25, 0.3) is 0 Å². The minimum Gasteiger partial charge on any atom is -0.493 e. The van der Waals surface area contributed by atoms with Crippen LogP contribution in [0, 0.1) is 6.92 Å². The monoisotopic (exact) mass is 272 g/mol. The minimum atomic E-state index is 0.707. The van der Waals surface area contributed by atoms with Gasteiger partial charge >= 0.3 is 0 Å². The number of methoxy groups -OCH3 is 1. The number of pyridine rings is 1. The molecule has 0 atom stereocenters. The van der Waals surface area contributed by atoms with E-state index in [-0.39, 0.29) is 0 Å². The van der Waals surface area contributed by atoms with E-state index in [2.05, 4.69) is 17.2 Å². The van der Waals surface area contributed by atoms with E-state index in [9.17, 15) is 0 Å². The highest BCUT2D eigenvalue weighted by molar-refractivity contribution is 5.45. The van der Waals surface area contributed by atoms with Gasteiger partial charge in [-0.05, 0) is 37.2 Å². The van der Waals surface area contributed by atoms with Crippen LogP contribution in [0.25, 0.3) is 0 Å². The first-order valence-corrected chi connectivity index (χ1v) is 6.71. The van der Waals surface area contributed by atoms with Crippen LogP contribution >= 0.6 is 0 Å². The highest BCUT2D eigenvalue weighted by atomic mass is 16.5. The van der Waals surface area contributed by atoms with E-state index >= 15 is 0 Å². The normalized spacial score (nSPS) is 10.3. The lowest BCUT2D eigenvalue weighted by atomic mass is 10.2. The van der Waals surface area contributed by atoms with Gasteiger partial charge in [0.2, 0.25) is 0 Å². The van der Waals surface area contributed by atoms with Gasteiger partial charge in [-0.1, -0.05) is 13.0 Å². The van der Waals surface area contributed by atoms with E-state index in [1.807, 2.05) is 37.3 Å². The number of aryl methyl sites for hydroxylation is 1. The molecule has 106 valence electrons. The van der Waals surface area contributed by atoms with Gasteiger partial charge in [0.05, 0.1) is 12.8 Å². The quantitative estimate of drug-likeness (QED) is 0.876. The van der Waals surface area contributed by atoms with Crippen molar-refractivity contribution in [1.29, 1.82) is 0 Å². The van der Waals surface area contributed by atoms with E-state index in [1.165, 1.54) is 0 Å². The standard InChI is InChI=1S/C16H20N2O2/c1-4-17-11-13-10-14(7-8-18-13)20-15-6-5-12(2)9-16(15)19-3/h5-10,17H,4,11H2,1-3H3. The molecule has 20 heavy (non-hydrogen) atoms. The Kier molecular flexibility index (Phi) is 4.96. The summed E-state index contributed by atoms with van der Waals surface area (Å²) in [4.78, 5) is 4.30. The second-order valence-corrected chi connectivity index (χ2v) is 4.52. The molecule has 1 aromatic heterocycles. The van der Waals surface area contributed by atoms with E-state index < -0.39 is 0 Å². The predicted molar refractivity (Wildman–Crippen MR) is 79.4 cm³/mol. The van der Waals surface area contributed by atoms with E-state index in [1.54, 1.807) is 13.3 Å². The Balaban J connectivity index is 2.17. The molecule has 0 aliphatic heterocycles. The summed E-state index contributed by atoms with van der Waals surface area (Å²) in [7, 11) is 1.64. The first-order chi connectivity index (χ1) is 9.72. The number of nitrogens with one attached hydrogen (secondary N) is 1. The molecule has 0 unspecified atom stereocenters. The summed E-state index contributed by atoms with van der Waals surface area (Å²) in [6.45, 7) is 5.74. The lowest BCUT2D eigenvalue weighted by Gasteiger charge is -2.11. The van der Waals surface area contributed by atoms with Crippen molar-refractivity contribution in [2.75, 3.05) is 13.7 Å². The number of rotatable bonds is 6. The maximum atomic E-state index is 5.88. The highest BCUT2D eigenvalue weighted by Crippen LogP contribution is 2.32. The number of hydrogen-bond acceptors (Lipinski definition) is 4. The zero-order chi connectivity index (χ0) is 14.4. The molecule has 1 aromatic carbocycles. The van der Waals surface area contributed by atoms with Crippen LogP contribution in [-0.2, 0) is 6.54 Å². The molecule has 1 N–H and O–H groups in total. The zero-order valence-corrected chi connectivity index (χ0v) is 12.1. The lowest BCUT2D eigenvalue weighted by Crippen LogP contribution is -2.12. The summed E-state index contributed by atoms with van der Waals surface area (Å²) in [5, 5.41) is 3.24. The van der Waals surface area contributed by atoms with Crippen LogP contribution in [0.3, 0.4) is 0 Å². The summed E-state index contributed by atoms with van der Waals surface area (Å²) in [6, 6.07) is 9.64. The van der Waals surface area contributed by atoms with E-state index in [0.717, 1.165) is 35.8 Å². The van der Waals surface area contributed by atoms with Crippen LogP contribution in [0.2, 0.25) is 0 Å². The van der Waals surface area contributed by atoms with Crippen molar-refractivity contribution in [3.63, 3.8) is 0 Å². The summed E-state index contributed by atoms with van der Waals surface area (Å²) in [5.74, 6) is 2.20. The number of ether oxygens (including phenoxy) is 2. The van der Waals surface area contributed by atoms with Gasteiger partial charge in [0, 0.05) is 18.8 Å². The van der Waals surface area contributed by atoms with Gasteiger partial charge in [0.15, 0.2) is 11.5 Å². The molecule has 0 aliphatic rings. The number of aromatic nitrogens is 1. The molecule has 0 spiro atoms. The molecule has 0 saturated heterocycles. The third-order valence-corrected chi connectivity index (χ3v) is 2.89. The molecule has 0 bridgehead atoms. The minimum absolute atomic E-state index is 0.707. The van der Waals surface area contributed by atoms with Gasteiger partial charge in [-0.2, -0.15) is 0 Å². The Morgan fingerprint density at radius 2 is 2.00 bits per heavy atom. The van der Waals surface area contributed by atoms with Crippen LogP contribution in [0.5, 0.6) is 17.2 Å². The van der Waals surface area contributed by atoms with Crippen molar-refractivity contribution < 1.29 is 9.47 Å². The molecule has 1 heterocycles. The summed E-state index contributed by atoms with van der Waals surface area (Å²) < 4.78 is 11.2. The zero-order valence-electron chi connectivity index (χ0n) is 12.1. The fourth-order valence-corrected chi connectivity index (χ4v) is 1.86. The number of hydrogen-bond donors (Lipinski definition) is 1. The first-order valence-electron chi connectivity index (χ1n) is 6.71. The van der Waals surface area contributed by atoms with E-state index in [4.69, 9.17) is 9.47 Å². The SMILES string of the molecule is CCNCc1cc(Oc2ccc(C)cc2OC)ccn1. The molecule has 0 saturated carbocycles. The Hall–Kier alpha value is -2.07. The Labute approximate surface area is 119 Å². The number of nitrogens with zero attached hydrogens (tertiary/aromatic N) is 1. The van der Waals surface area contributed by atoms with Crippen molar-refractivity contribution in [1.82, 2.24) is 10.3 Å². The van der Waals surface area contributed by atoms with Crippen molar-refractivity contribution >= 4 is 0 Å². The molecular formula is C16H20N2O2. The third-order valence-electron chi connectivity index (χ3n) is 2.89. The van der Waals surface area contributed by atoms with Gasteiger partial charge in [-0.3, -0.25) is 4.98 Å². The maximum Gasteiger partial charge on any atom is 0.169 e. The van der Waals surface area contributed by atoms with E-state index in [0.29, 0.717) is 5.75 Å². The Bertz CT molecular complexity index is 570. The fraction of sp³-hybridized carbons (Fsp3) is 0.312. The fourth-order valence-electron chi connectivity index (χ4n) is 1.86. The van der Waals surface area contributed by atoms with Crippen LogP contribution < -0.4 is 14.8 Å². The second kappa shape index (κ2) is 6.91. The summed E-state index contributed by atoms with van der Waals surface area (Å²) in [5.41, 5.74) is 2.09. The summed E-state index contributed by atoms with van der Waals surface area (Å²) in [6.07, 6.45) is 1.75. The Morgan fingerprint density at radius 1 is 1.15 bits per heavy atom. The molecule has 0 amide bonds. The maximum absolute atomic E-state index is 5.88. The average molecular weight is 272 g/mol. The molecule has 0 fully saturated rings. The van der Waals surface area contributed by atoms with Crippen molar-refractivity contribution in [2.24, 2.45) is 0 Å². The van der Waals surface area contributed by atoms with Crippen molar-refractivity contribution in [3.8, 4) is 17.2 Å². The van der Waals surface area contributed by atoms with Crippen LogP contribution in [0.15, 0.2) is 36.5 Å². The van der Waals surface area contributed by atoms with Gasteiger partial charge in [-0.15, -0.1) is 0 Å². The molecule has 2 rings (SSSR count). The molecular weight excluding hydrogens is 252 g/mol.